The van der Waals surface area contributed by atoms with Crippen molar-refractivity contribution in [3.63, 3.8) is 0 Å². The van der Waals surface area contributed by atoms with Crippen LogP contribution in [-0.4, -0.2) is 14.7 Å². The summed E-state index contributed by atoms with van der Waals surface area (Å²) in [6.45, 7) is 0. The Hall–Kier alpha value is -1.07. The monoisotopic (exact) mass is 186 g/mol. The Balaban J connectivity index is 2.57. The van der Waals surface area contributed by atoms with Crippen LogP contribution in [0.2, 0.25) is 0 Å². The molecule has 1 rings (SSSR count). The molecule has 5 heteroatoms. The molecule has 0 aliphatic rings. The maximum Gasteiger partial charge on any atom is 0.150 e. The van der Waals surface area contributed by atoms with Gasteiger partial charge in [0.15, 0.2) is 0 Å². The van der Waals surface area contributed by atoms with Gasteiger partial charge in [-0.2, -0.15) is 0 Å². The molecular formula is C7H8NO3S-. The molecule has 0 amide bonds. The third kappa shape index (κ3) is 2.89. The Kier molecular flexibility index (Phi) is 3.07. The molecule has 0 aliphatic heterocycles. The van der Waals surface area contributed by atoms with Crippen LogP contribution in [0, 0.1) is 0 Å². The molecule has 0 aliphatic carbocycles. The summed E-state index contributed by atoms with van der Waals surface area (Å²) in [6, 6.07) is 6.59. The maximum absolute atomic E-state index is 10.1. The van der Waals surface area contributed by atoms with Crippen molar-refractivity contribution in [3.8, 4) is 5.75 Å². The number of benzene rings is 1. The molecular weight excluding hydrogens is 178 g/mol. The Morgan fingerprint density at radius 1 is 1.58 bits per heavy atom. The van der Waals surface area contributed by atoms with Crippen LogP contribution < -0.4 is 10.5 Å². The summed E-state index contributed by atoms with van der Waals surface area (Å²) in [6.07, 6.45) is 0. The number of anilines is 1. The first-order valence-electron chi connectivity index (χ1n) is 3.22. The average molecular weight is 186 g/mol. The molecule has 0 saturated carbocycles. The molecule has 2 N–H and O–H groups in total. The topological polar surface area (TPSA) is 75.4 Å². The highest BCUT2D eigenvalue weighted by Gasteiger charge is 1.92. The van der Waals surface area contributed by atoms with E-state index in [0.29, 0.717) is 11.4 Å². The Morgan fingerprint density at radius 3 is 2.92 bits per heavy atom. The van der Waals surface area contributed by atoms with Crippen molar-refractivity contribution in [2.75, 3.05) is 11.7 Å². The molecule has 0 heterocycles. The lowest BCUT2D eigenvalue weighted by Gasteiger charge is -2.07. The SMILES string of the molecule is Nc1cccc(OCS(=O)[O-])c1. The molecule has 12 heavy (non-hydrogen) atoms. The van der Waals surface area contributed by atoms with Crippen LogP contribution >= 0.6 is 0 Å². The van der Waals surface area contributed by atoms with Crippen molar-refractivity contribution in [2.45, 2.75) is 0 Å². The van der Waals surface area contributed by atoms with E-state index < -0.39 is 11.1 Å². The van der Waals surface area contributed by atoms with Gasteiger partial charge in [0.25, 0.3) is 0 Å². The van der Waals surface area contributed by atoms with Gasteiger partial charge in [0.1, 0.15) is 11.7 Å². The van der Waals surface area contributed by atoms with E-state index in [4.69, 9.17) is 10.5 Å². The quantitative estimate of drug-likeness (QED) is 0.550. The van der Waals surface area contributed by atoms with E-state index in [1.807, 2.05) is 0 Å². The van der Waals surface area contributed by atoms with Gasteiger partial charge >= 0.3 is 0 Å². The van der Waals surface area contributed by atoms with E-state index in [1.165, 1.54) is 0 Å². The van der Waals surface area contributed by atoms with Gasteiger partial charge in [0.05, 0.1) is 0 Å². The molecule has 0 radical (unpaired) electrons. The van der Waals surface area contributed by atoms with E-state index in [0.717, 1.165) is 0 Å². The van der Waals surface area contributed by atoms with Crippen LogP contribution in [0.25, 0.3) is 0 Å². The van der Waals surface area contributed by atoms with E-state index >= 15 is 0 Å². The Bertz CT molecular complexity index is 290. The zero-order chi connectivity index (χ0) is 8.97. The minimum atomic E-state index is -2.19. The lowest BCUT2D eigenvalue weighted by Crippen LogP contribution is -2.03. The second-order valence-corrected chi connectivity index (χ2v) is 2.98. The summed E-state index contributed by atoms with van der Waals surface area (Å²) >= 11 is -2.19. The van der Waals surface area contributed by atoms with Crippen LogP contribution in [0.4, 0.5) is 5.69 Å². The Morgan fingerprint density at radius 2 is 2.33 bits per heavy atom. The van der Waals surface area contributed by atoms with E-state index in [9.17, 15) is 8.76 Å². The molecule has 66 valence electrons. The van der Waals surface area contributed by atoms with Crippen LogP contribution in [0.15, 0.2) is 24.3 Å². The van der Waals surface area contributed by atoms with Crippen LogP contribution in [0.1, 0.15) is 0 Å². The number of ether oxygens (including phenoxy) is 1. The summed E-state index contributed by atoms with van der Waals surface area (Å²) in [5, 5.41) is 0. The number of hydrogen-bond donors (Lipinski definition) is 1. The summed E-state index contributed by atoms with van der Waals surface area (Å²) in [4.78, 5) is 0. The third-order valence-electron chi connectivity index (χ3n) is 1.18. The second-order valence-electron chi connectivity index (χ2n) is 2.14. The minimum absolute atomic E-state index is 0.344. The van der Waals surface area contributed by atoms with Gasteiger partial charge < -0.3 is 15.0 Å². The van der Waals surface area contributed by atoms with Crippen LogP contribution in [-0.2, 0) is 11.1 Å². The van der Waals surface area contributed by atoms with E-state index in [1.54, 1.807) is 24.3 Å². The second kappa shape index (κ2) is 4.08. The smallest absolute Gasteiger partial charge is 0.150 e. The van der Waals surface area contributed by atoms with Gasteiger partial charge in [-0.3, -0.25) is 4.21 Å². The van der Waals surface area contributed by atoms with E-state index in [2.05, 4.69) is 0 Å². The van der Waals surface area contributed by atoms with E-state index in [-0.39, 0.29) is 5.94 Å². The highest BCUT2D eigenvalue weighted by atomic mass is 32.2. The zero-order valence-corrected chi connectivity index (χ0v) is 7.04. The fraction of sp³-hybridized carbons (Fsp3) is 0.143. The summed E-state index contributed by atoms with van der Waals surface area (Å²) < 4.78 is 25.1. The normalized spacial score (nSPS) is 12.4. The van der Waals surface area contributed by atoms with Crippen molar-refractivity contribution in [2.24, 2.45) is 0 Å². The van der Waals surface area contributed by atoms with Crippen molar-refractivity contribution in [1.29, 1.82) is 0 Å². The molecule has 0 fully saturated rings. The van der Waals surface area contributed by atoms with Crippen molar-refractivity contribution in [3.05, 3.63) is 24.3 Å². The predicted octanol–water partition coefficient (Wildman–Crippen LogP) is 0.484. The first kappa shape index (κ1) is 9.02. The first-order chi connectivity index (χ1) is 5.68. The maximum atomic E-state index is 10.1. The van der Waals surface area contributed by atoms with Gasteiger partial charge in [0.2, 0.25) is 0 Å². The summed E-state index contributed by atoms with van der Waals surface area (Å²) in [7, 11) is 0. The van der Waals surface area contributed by atoms with Crippen molar-refractivity contribution in [1.82, 2.24) is 0 Å². The molecule has 0 spiro atoms. The average Bonchev–Trinajstić information content (AvgIpc) is 2.01. The van der Waals surface area contributed by atoms with Crippen LogP contribution in [0.3, 0.4) is 0 Å². The van der Waals surface area contributed by atoms with Gasteiger partial charge in [-0.1, -0.05) is 6.07 Å². The van der Waals surface area contributed by atoms with Gasteiger partial charge in [-0.05, 0) is 23.2 Å². The molecule has 0 bridgehead atoms. The Labute approximate surface area is 72.6 Å². The molecule has 0 aromatic heterocycles. The van der Waals surface area contributed by atoms with Gasteiger partial charge in [-0.25, -0.2) is 0 Å². The van der Waals surface area contributed by atoms with Gasteiger partial charge in [0, 0.05) is 11.8 Å². The number of hydrogen-bond acceptors (Lipinski definition) is 4. The standard InChI is InChI=1S/C7H9NO3S/c8-6-2-1-3-7(4-6)11-5-12(9)10/h1-4H,5,8H2,(H,9,10)/p-1. The number of rotatable bonds is 3. The minimum Gasteiger partial charge on any atom is -0.770 e. The summed E-state index contributed by atoms with van der Waals surface area (Å²) in [5.41, 5.74) is 5.98. The molecule has 0 saturated heterocycles. The lowest BCUT2D eigenvalue weighted by molar-refractivity contribution is 0.369. The first-order valence-corrected chi connectivity index (χ1v) is 4.47. The highest BCUT2D eigenvalue weighted by molar-refractivity contribution is 7.78. The fourth-order valence-electron chi connectivity index (χ4n) is 0.720. The fourth-order valence-corrected chi connectivity index (χ4v) is 0.953. The highest BCUT2D eigenvalue weighted by Crippen LogP contribution is 2.14. The molecule has 1 unspecified atom stereocenters. The van der Waals surface area contributed by atoms with Gasteiger partial charge in [-0.15, -0.1) is 0 Å². The number of nitrogens with two attached hydrogens (primary N) is 1. The molecule has 4 nitrogen and oxygen atoms in total. The molecule has 1 aromatic rings. The predicted molar refractivity (Wildman–Crippen MR) is 45.3 cm³/mol. The van der Waals surface area contributed by atoms with Crippen molar-refractivity contribution < 1.29 is 13.5 Å². The summed E-state index contributed by atoms with van der Waals surface area (Å²) in [5.74, 6) is 0.114. The zero-order valence-electron chi connectivity index (χ0n) is 6.23. The molecule has 1 aromatic carbocycles. The third-order valence-corrected chi connectivity index (χ3v) is 1.49. The lowest BCUT2D eigenvalue weighted by atomic mass is 10.3. The molecule has 1 atom stereocenters. The largest absolute Gasteiger partial charge is 0.770 e. The number of nitrogen functional groups attached to an aromatic ring is 1. The van der Waals surface area contributed by atoms with Crippen LogP contribution in [0.5, 0.6) is 5.75 Å². The van der Waals surface area contributed by atoms with Crippen molar-refractivity contribution >= 4 is 16.8 Å².